The Morgan fingerprint density at radius 1 is 1.28 bits per heavy atom. The van der Waals surface area contributed by atoms with Gasteiger partial charge in [-0.3, -0.25) is 0 Å². The SMILES string of the molecule is CC(C)Cc1cc(-c2ccc(C[n+]3cnn[nH]3)cc2)c(S(N)(=O)=O)s1. The van der Waals surface area contributed by atoms with E-state index in [1.807, 2.05) is 30.3 Å². The molecule has 0 atom stereocenters. The summed E-state index contributed by atoms with van der Waals surface area (Å²) in [6.07, 6.45) is 2.43. The maximum atomic E-state index is 12.0. The van der Waals surface area contributed by atoms with Crippen LogP contribution in [0.15, 0.2) is 40.9 Å². The first-order valence-corrected chi connectivity index (χ1v) is 10.2. The third-order valence-corrected chi connectivity index (χ3v) is 6.29. The van der Waals surface area contributed by atoms with Crippen LogP contribution in [0.1, 0.15) is 24.3 Å². The van der Waals surface area contributed by atoms with Gasteiger partial charge < -0.3 is 0 Å². The molecular formula is C16H20N5O2S2+. The van der Waals surface area contributed by atoms with Crippen LogP contribution in [0.2, 0.25) is 0 Å². The van der Waals surface area contributed by atoms with E-state index in [0.717, 1.165) is 22.4 Å². The van der Waals surface area contributed by atoms with E-state index in [2.05, 4.69) is 29.4 Å². The van der Waals surface area contributed by atoms with Crippen LogP contribution in [0.25, 0.3) is 11.1 Å². The van der Waals surface area contributed by atoms with E-state index < -0.39 is 10.0 Å². The molecule has 132 valence electrons. The molecule has 1 aromatic carbocycles. The number of primary sulfonamides is 1. The van der Waals surface area contributed by atoms with Crippen LogP contribution in [-0.2, 0) is 23.0 Å². The first-order valence-electron chi connectivity index (χ1n) is 7.83. The topological polar surface area (TPSA) is 106 Å². The molecule has 0 saturated heterocycles. The lowest BCUT2D eigenvalue weighted by atomic mass is 10.0. The number of benzene rings is 1. The van der Waals surface area contributed by atoms with Gasteiger partial charge in [0.1, 0.15) is 15.9 Å². The summed E-state index contributed by atoms with van der Waals surface area (Å²) in [5.74, 6) is 0.447. The number of nitrogens with zero attached hydrogens (tertiary/aromatic N) is 3. The summed E-state index contributed by atoms with van der Waals surface area (Å²) < 4.78 is 25.9. The van der Waals surface area contributed by atoms with Gasteiger partial charge in [0.15, 0.2) is 5.21 Å². The van der Waals surface area contributed by atoms with Crippen LogP contribution in [0.4, 0.5) is 0 Å². The normalized spacial score (nSPS) is 12.0. The number of H-pyrrole nitrogens is 1. The summed E-state index contributed by atoms with van der Waals surface area (Å²) in [5, 5.41) is 15.5. The monoisotopic (exact) mass is 378 g/mol. The van der Waals surface area contributed by atoms with E-state index in [1.165, 1.54) is 11.3 Å². The molecule has 0 radical (unpaired) electrons. The van der Waals surface area contributed by atoms with Gasteiger partial charge in [-0.05, 0) is 29.5 Å². The van der Waals surface area contributed by atoms with E-state index in [1.54, 1.807) is 11.0 Å². The zero-order chi connectivity index (χ0) is 18.0. The number of aromatic nitrogens is 4. The molecule has 0 aliphatic heterocycles. The number of nitrogens with one attached hydrogen (secondary N) is 1. The van der Waals surface area contributed by atoms with E-state index in [0.29, 0.717) is 18.0 Å². The first kappa shape index (κ1) is 17.7. The van der Waals surface area contributed by atoms with Crippen molar-refractivity contribution in [3.63, 3.8) is 0 Å². The molecule has 0 saturated carbocycles. The highest BCUT2D eigenvalue weighted by Crippen LogP contribution is 2.35. The van der Waals surface area contributed by atoms with Gasteiger partial charge in [-0.15, -0.1) is 11.3 Å². The number of aromatic amines is 1. The maximum Gasteiger partial charge on any atom is 0.288 e. The summed E-state index contributed by atoms with van der Waals surface area (Å²) in [4.78, 5) is 1.03. The second kappa shape index (κ2) is 7.03. The second-order valence-electron chi connectivity index (χ2n) is 6.31. The van der Waals surface area contributed by atoms with Crippen molar-refractivity contribution in [3.05, 3.63) is 47.1 Å². The first-order chi connectivity index (χ1) is 11.8. The lowest BCUT2D eigenvalue weighted by Gasteiger charge is -2.04. The summed E-state index contributed by atoms with van der Waals surface area (Å²) in [6.45, 7) is 4.82. The fraction of sp³-hybridized carbons (Fsp3) is 0.312. The lowest BCUT2D eigenvalue weighted by Crippen LogP contribution is -2.35. The molecule has 0 amide bonds. The van der Waals surface area contributed by atoms with Crippen molar-refractivity contribution in [2.75, 3.05) is 0 Å². The van der Waals surface area contributed by atoms with Crippen LogP contribution >= 0.6 is 11.3 Å². The molecule has 0 aliphatic carbocycles. The highest BCUT2D eigenvalue weighted by Gasteiger charge is 2.20. The van der Waals surface area contributed by atoms with Gasteiger partial charge in [-0.25, -0.2) is 13.6 Å². The molecule has 3 rings (SSSR count). The molecule has 7 nitrogen and oxygen atoms in total. The maximum absolute atomic E-state index is 12.0. The minimum Gasteiger partial charge on any atom is -0.224 e. The Hall–Kier alpha value is -2.10. The van der Waals surface area contributed by atoms with Crippen LogP contribution in [0.5, 0.6) is 0 Å². The van der Waals surface area contributed by atoms with Crippen LogP contribution in [0, 0.1) is 5.92 Å². The van der Waals surface area contributed by atoms with Crippen molar-refractivity contribution in [1.29, 1.82) is 0 Å². The predicted molar refractivity (Wildman–Crippen MR) is 95.3 cm³/mol. The highest BCUT2D eigenvalue weighted by molar-refractivity contribution is 7.91. The minimum atomic E-state index is -3.75. The Balaban J connectivity index is 1.93. The number of thiophene rings is 1. The van der Waals surface area contributed by atoms with E-state index in [4.69, 9.17) is 5.14 Å². The largest absolute Gasteiger partial charge is 0.288 e. The second-order valence-corrected chi connectivity index (χ2v) is 9.21. The molecule has 0 aliphatic rings. The Morgan fingerprint density at radius 2 is 2.00 bits per heavy atom. The summed E-state index contributed by atoms with van der Waals surface area (Å²) >= 11 is 1.26. The lowest BCUT2D eigenvalue weighted by molar-refractivity contribution is -0.746. The van der Waals surface area contributed by atoms with Crippen molar-refractivity contribution in [2.24, 2.45) is 11.1 Å². The fourth-order valence-corrected chi connectivity index (χ4v) is 4.99. The molecular weight excluding hydrogens is 358 g/mol. The number of sulfonamides is 1. The molecule has 0 bridgehead atoms. The van der Waals surface area contributed by atoms with Crippen molar-refractivity contribution in [2.45, 2.75) is 31.0 Å². The molecule has 0 fully saturated rings. The zero-order valence-corrected chi connectivity index (χ0v) is 15.6. The molecule has 25 heavy (non-hydrogen) atoms. The molecule has 0 unspecified atom stereocenters. The van der Waals surface area contributed by atoms with Gasteiger partial charge in [-0.1, -0.05) is 43.3 Å². The minimum absolute atomic E-state index is 0.225. The molecule has 2 heterocycles. The summed E-state index contributed by atoms with van der Waals surface area (Å²) in [6, 6.07) is 9.67. The van der Waals surface area contributed by atoms with E-state index in [9.17, 15) is 8.42 Å². The van der Waals surface area contributed by atoms with Gasteiger partial charge in [-0.2, -0.15) is 4.68 Å². The molecule has 3 aromatic rings. The predicted octanol–water partition coefficient (Wildman–Crippen LogP) is 1.71. The molecule has 9 heteroatoms. The Bertz CT molecular complexity index is 945. The third kappa shape index (κ3) is 4.30. The quantitative estimate of drug-likeness (QED) is 0.637. The number of tetrazole rings is 1. The van der Waals surface area contributed by atoms with Crippen molar-refractivity contribution >= 4 is 21.4 Å². The summed E-state index contributed by atoms with van der Waals surface area (Å²) in [5.41, 5.74) is 2.56. The smallest absolute Gasteiger partial charge is 0.224 e. The van der Waals surface area contributed by atoms with E-state index in [-0.39, 0.29) is 4.21 Å². The van der Waals surface area contributed by atoms with Crippen LogP contribution < -0.4 is 9.82 Å². The Labute approximate surface area is 150 Å². The van der Waals surface area contributed by atoms with Gasteiger partial charge in [0.25, 0.3) is 6.33 Å². The van der Waals surface area contributed by atoms with Gasteiger partial charge >= 0.3 is 0 Å². The van der Waals surface area contributed by atoms with Crippen molar-refractivity contribution in [3.8, 4) is 11.1 Å². The molecule has 3 N–H and O–H groups in total. The number of rotatable bonds is 6. The van der Waals surface area contributed by atoms with Crippen molar-refractivity contribution < 1.29 is 13.1 Å². The average Bonchev–Trinajstić information content (AvgIpc) is 3.16. The van der Waals surface area contributed by atoms with E-state index >= 15 is 0 Å². The van der Waals surface area contributed by atoms with Crippen molar-refractivity contribution in [1.82, 2.24) is 15.5 Å². The van der Waals surface area contributed by atoms with Crippen LogP contribution in [-0.4, -0.2) is 23.9 Å². The van der Waals surface area contributed by atoms with Crippen LogP contribution in [0.3, 0.4) is 0 Å². The number of hydrogen-bond acceptors (Lipinski definition) is 5. The number of nitrogens with two attached hydrogens (primary N) is 1. The van der Waals surface area contributed by atoms with Gasteiger partial charge in [0.05, 0.1) is 0 Å². The Kier molecular flexibility index (Phi) is 4.98. The van der Waals surface area contributed by atoms with Gasteiger partial charge in [0.2, 0.25) is 10.0 Å². The molecule has 2 aromatic heterocycles. The average molecular weight is 379 g/mol. The Morgan fingerprint density at radius 3 is 2.56 bits per heavy atom. The summed E-state index contributed by atoms with van der Waals surface area (Å²) in [7, 11) is -3.75. The molecule has 0 spiro atoms. The fourth-order valence-electron chi connectivity index (χ4n) is 2.60. The van der Waals surface area contributed by atoms with Gasteiger partial charge in [0, 0.05) is 10.4 Å². The standard InChI is InChI=1S/C16H19N5O2S2/c1-11(2)7-14-8-15(16(24-14)25(17,22)23)13-5-3-12(4-6-13)9-21-10-18-19-20-21/h3-6,8,10-11H,7,9H2,1-2H3,(H2,17,22,23)/p+1. The highest BCUT2D eigenvalue weighted by atomic mass is 32.2. The third-order valence-electron chi connectivity index (χ3n) is 3.66. The zero-order valence-electron chi connectivity index (χ0n) is 14.0. The number of hydrogen-bond donors (Lipinski definition) is 2.